The maximum absolute atomic E-state index is 12.3. The van der Waals surface area contributed by atoms with E-state index in [-0.39, 0.29) is 5.91 Å². The van der Waals surface area contributed by atoms with Crippen LogP contribution in [0.25, 0.3) is 0 Å². The van der Waals surface area contributed by atoms with Crippen molar-refractivity contribution in [1.82, 2.24) is 4.90 Å². The van der Waals surface area contributed by atoms with Gasteiger partial charge in [0.05, 0.1) is 12.5 Å². The topological polar surface area (TPSA) is 45.5 Å². The smallest absolute Gasteiger partial charge is 0.253 e. The van der Waals surface area contributed by atoms with E-state index in [0.717, 1.165) is 29.8 Å². The minimum atomic E-state index is 0.0379. The molecule has 2 heterocycles. The number of furan rings is 1. The summed E-state index contributed by atoms with van der Waals surface area (Å²) in [4.78, 5) is 14.0. The molecule has 19 heavy (non-hydrogen) atoms. The molecule has 1 aromatic carbocycles. The highest BCUT2D eigenvalue weighted by molar-refractivity contribution is 5.94. The van der Waals surface area contributed by atoms with Crippen molar-refractivity contribution >= 4 is 11.6 Å². The van der Waals surface area contributed by atoms with Crippen LogP contribution in [0.1, 0.15) is 21.5 Å². The molecule has 2 aromatic rings. The molecule has 1 N–H and O–H groups in total. The van der Waals surface area contributed by atoms with Gasteiger partial charge in [0.15, 0.2) is 0 Å². The van der Waals surface area contributed by atoms with Gasteiger partial charge in [0, 0.05) is 37.0 Å². The van der Waals surface area contributed by atoms with Gasteiger partial charge in [0.25, 0.3) is 5.91 Å². The zero-order chi connectivity index (χ0) is 13.2. The fourth-order valence-corrected chi connectivity index (χ4v) is 2.39. The average molecular weight is 256 g/mol. The molecule has 98 valence electrons. The lowest BCUT2D eigenvalue weighted by atomic mass is 10.1. The first-order chi connectivity index (χ1) is 9.24. The standard InChI is InChI=1S/C15H16N2O2/c1-17(9-11-5-7-19-10-11)15(18)13-2-3-14-12(8-13)4-6-16-14/h2-3,5,7-8,10,16H,4,6,9H2,1H3. The average Bonchev–Trinajstić information content (AvgIpc) is 3.07. The van der Waals surface area contributed by atoms with Crippen LogP contribution in [0, 0.1) is 0 Å². The predicted octanol–water partition coefficient (Wildman–Crippen LogP) is 2.52. The Morgan fingerprint density at radius 3 is 3.11 bits per heavy atom. The highest BCUT2D eigenvalue weighted by Crippen LogP contribution is 2.23. The predicted molar refractivity (Wildman–Crippen MR) is 73.1 cm³/mol. The first kappa shape index (κ1) is 11.8. The Labute approximate surface area is 112 Å². The Bertz CT molecular complexity index is 590. The van der Waals surface area contributed by atoms with Crippen molar-refractivity contribution in [3.05, 3.63) is 53.5 Å². The van der Waals surface area contributed by atoms with E-state index >= 15 is 0 Å². The molecule has 1 aliphatic heterocycles. The summed E-state index contributed by atoms with van der Waals surface area (Å²) in [6, 6.07) is 7.73. The zero-order valence-electron chi connectivity index (χ0n) is 10.8. The number of fused-ring (bicyclic) bond motifs is 1. The van der Waals surface area contributed by atoms with E-state index in [1.165, 1.54) is 5.56 Å². The van der Waals surface area contributed by atoms with E-state index in [1.807, 2.05) is 24.3 Å². The van der Waals surface area contributed by atoms with Gasteiger partial charge in [0.2, 0.25) is 0 Å². The third kappa shape index (κ3) is 2.34. The first-order valence-electron chi connectivity index (χ1n) is 6.37. The molecule has 4 heteroatoms. The van der Waals surface area contributed by atoms with E-state index in [0.29, 0.717) is 6.54 Å². The van der Waals surface area contributed by atoms with E-state index in [2.05, 4.69) is 5.32 Å². The molecule has 0 atom stereocenters. The van der Waals surface area contributed by atoms with Crippen LogP contribution in [0.5, 0.6) is 0 Å². The summed E-state index contributed by atoms with van der Waals surface area (Å²) < 4.78 is 5.02. The molecule has 4 nitrogen and oxygen atoms in total. The molecule has 0 saturated heterocycles. The van der Waals surface area contributed by atoms with Crippen molar-refractivity contribution in [2.45, 2.75) is 13.0 Å². The van der Waals surface area contributed by atoms with Crippen LogP contribution in [-0.2, 0) is 13.0 Å². The Morgan fingerprint density at radius 2 is 2.32 bits per heavy atom. The number of hydrogen-bond acceptors (Lipinski definition) is 3. The van der Waals surface area contributed by atoms with Crippen molar-refractivity contribution in [2.75, 3.05) is 18.9 Å². The molecule has 0 aliphatic carbocycles. The Balaban J connectivity index is 1.76. The molecule has 0 fully saturated rings. The molecule has 1 amide bonds. The van der Waals surface area contributed by atoms with Gasteiger partial charge in [-0.1, -0.05) is 0 Å². The minimum Gasteiger partial charge on any atom is -0.472 e. The monoisotopic (exact) mass is 256 g/mol. The van der Waals surface area contributed by atoms with Crippen LogP contribution in [-0.4, -0.2) is 24.4 Å². The molecule has 1 aromatic heterocycles. The van der Waals surface area contributed by atoms with Crippen LogP contribution in [0.2, 0.25) is 0 Å². The molecule has 0 saturated carbocycles. The summed E-state index contributed by atoms with van der Waals surface area (Å²) in [5.74, 6) is 0.0379. The number of anilines is 1. The van der Waals surface area contributed by atoms with E-state index in [9.17, 15) is 4.79 Å². The quantitative estimate of drug-likeness (QED) is 0.917. The first-order valence-corrected chi connectivity index (χ1v) is 6.37. The van der Waals surface area contributed by atoms with E-state index in [4.69, 9.17) is 4.42 Å². The van der Waals surface area contributed by atoms with E-state index < -0.39 is 0 Å². The van der Waals surface area contributed by atoms with E-state index in [1.54, 1.807) is 24.5 Å². The summed E-state index contributed by atoms with van der Waals surface area (Å²) in [7, 11) is 1.81. The van der Waals surface area contributed by atoms with Crippen molar-refractivity contribution in [3.63, 3.8) is 0 Å². The second kappa shape index (κ2) is 4.80. The molecule has 3 rings (SSSR count). The number of carbonyl (C=O) groups is 1. The zero-order valence-corrected chi connectivity index (χ0v) is 10.8. The number of benzene rings is 1. The number of amides is 1. The normalized spacial score (nSPS) is 12.9. The Morgan fingerprint density at radius 1 is 1.42 bits per heavy atom. The van der Waals surface area contributed by atoms with Crippen LogP contribution in [0.15, 0.2) is 41.2 Å². The van der Waals surface area contributed by atoms with Gasteiger partial charge in [0.1, 0.15) is 0 Å². The number of hydrogen-bond donors (Lipinski definition) is 1. The van der Waals surface area contributed by atoms with Crippen LogP contribution in [0.4, 0.5) is 5.69 Å². The third-order valence-electron chi connectivity index (χ3n) is 3.41. The molecule has 0 radical (unpaired) electrons. The van der Waals surface area contributed by atoms with Gasteiger partial charge < -0.3 is 14.6 Å². The SMILES string of the molecule is CN(Cc1ccoc1)C(=O)c1ccc2c(c1)CCN2. The minimum absolute atomic E-state index is 0.0379. The van der Waals surface area contributed by atoms with Crippen molar-refractivity contribution in [3.8, 4) is 0 Å². The van der Waals surface area contributed by atoms with Crippen molar-refractivity contribution in [1.29, 1.82) is 0 Å². The fourth-order valence-electron chi connectivity index (χ4n) is 2.39. The number of nitrogens with one attached hydrogen (secondary N) is 1. The maximum atomic E-state index is 12.3. The third-order valence-corrected chi connectivity index (χ3v) is 3.41. The van der Waals surface area contributed by atoms with Gasteiger partial charge in [-0.3, -0.25) is 4.79 Å². The summed E-state index contributed by atoms with van der Waals surface area (Å²) in [6.07, 6.45) is 4.27. The van der Waals surface area contributed by atoms with Gasteiger partial charge in [-0.25, -0.2) is 0 Å². The largest absolute Gasteiger partial charge is 0.472 e. The van der Waals surface area contributed by atoms with Crippen LogP contribution < -0.4 is 5.32 Å². The van der Waals surface area contributed by atoms with Crippen LogP contribution >= 0.6 is 0 Å². The molecule has 1 aliphatic rings. The fraction of sp³-hybridized carbons (Fsp3) is 0.267. The number of carbonyl (C=O) groups excluding carboxylic acids is 1. The summed E-state index contributed by atoms with van der Waals surface area (Å²) in [5.41, 5.74) is 4.11. The number of rotatable bonds is 3. The summed E-state index contributed by atoms with van der Waals surface area (Å²) in [6.45, 7) is 1.52. The van der Waals surface area contributed by atoms with Gasteiger partial charge in [-0.2, -0.15) is 0 Å². The van der Waals surface area contributed by atoms with Gasteiger partial charge in [-0.15, -0.1) is 0 Å². The molecular weight excluding hydrogens is 240 g/mol. The molecular formula is C15H16N2O2. The van der Waals surface area contributed by atoms with Gasteiger partial charge >= 0.3 is 0 Å². The second-order valence-electron chi connectivity index (χ2n) is 4.84. The van der Waals surface area contributed by atoms with Crippen LogP contribution in [0.3, 0.4) is 0 Å². The Hall–Kier alpha value is -2.23. The van der Waals surface area contributed by atoms with Gasteiger partial charge in [-0.05, 0) is 36.2 Å². The van der Waals surface area contributed by atoms with Crippen molar-refractivity contribution < 1.29 is 9.21 Å². The molecule has 0 bridgehead atoms. The molecule has 0 unspecified atom stereocenters. The lowest BCUT2D eigenvalue weighted by molar-refractivity contribution is 0.0785. The second-order valence-corrected chi connectivity index (χ2v) is 4.84. The highest BCUT2D eigenvalue weighted by Gasteiger charge is 2.16. The van der Waals surface area contributed by atoms with Crippen molar-refractivity contribution in [2.24, 2.45) is 0 Å². The lowest BCUT2D eigenvalue weighted by Gasteiger charge is -2.16. The Kier molecular flexibility index (Phi) is 2.99. The molecule has 0 spiro atoms. The maximum Gasteiger partial charge on any atom is 0.253 e. The number of nitrogens with zero attached hydrogens (tertiary/aromatic N) is 1. The lowest BCUT2D eigenvalue weighted by Crippen LogP contribution is -2.26. The summed E-state index contributed by atoms with van der Waals surface area (Å²) in [5, 5.41) is 3.29. The summed E-state index contributed by atoms with van der Waals surface area (Å²) >= 11 is 0. The highest BCUT2D eigenvalue weighted by atomic mass is 16.3.